The number of hydrogen-bond donors (Lipinski definition) is 0. The molecule has 0 saturated heterocycles. The van der Waals surface area contributed by atoms with E-state index in [4.69, 9.17) is 0 Å². The lowest BCUT2D eigenvalue weighted by molar-refractivity contribution is 0.0601. The lowest BCUT2D eigenvalue weighted by Gasteiger charge is -2.02. The number of hydrogen-bond acceptors (Lipinski definition) is 3. The van der Waals surface area contributed by atoms with Crippen LogP contribution in [0, 0.1) is 0 Å². The predicted octanol–water partition coefficient (Wildman–Crippen LogP) is 2.42. The van der Waals surface area contributed by atoms with Crippen molar-refractivity contribution < 1.29 is 9.53 Å². The van der Waals surface area contributed by atoms with E-state index < -0.39 is 0 Å². The Balaban J connectivity index is 2.29. The number of esters is 1. The zero-order valence-corrected chi connectivity index (χ0v) is 10.1. The minimum atomic E-state index is -0.340. The molecule has 0 spiro atoms. The molecule has 0 aliphatic heterocycles. The van der Waals surface area contributed by atoms with Crippen molar-refractivity contribution in [3.63, 3.8) is 0 Å². The van der Waals surface area contributed by atoms with E-state index in [9.17, 15) is 4.79 Å². The molecule has 5 heteroatoms. The van der Waals surface area contributed by atoms with Crippen molar-refractivity contribution in [2.45, 2.75) is 0 Å². The molecule has 82 valence electrons. The van der Waals surface area contributed by atoms with Gasteiger partial charge in [-0.2, -0.15) is 5.10 Å². The molecule has 0 N–H and O–H groups in total. The quantitative estimate of drug-likeness (QED) is 0.794. The van der Waals surface area contributed by atoms with Crippen LogP contribution in [0.15, 0.2) is 41.1 Å². The first-order chi connectivity index (χ1) is 7.70. The second kappa shape index (κ2) is 4.49. The number of rotatable bonds is 2. The number of aromatic nitrogens is 2. The fraction of sp³-hybridized carbons (Fsp3) is 0.0909. The summed E-state index contributed by atoms with van der Waals surface area (Å²) in [5.74, 6) is -0.340. The second-order valence-corrected chi connectivity index (χ2v) is 4.06. The molecule has 2 aromatic rings. The van der Waals surface area contributed by atoms with Crippen LogP contribution in [-0.4, -0.2) is 22.9 Å². The number of nitrogens with zero attached hydrogens (tertiary/aromatic N) is 2. The summed E-state index contributed by atoms with van der Waals surface area (Å²) in [6, 6.07) is 7.03. The Morgan fingerprint density at radius 2 is 2.06 bits per heavy atom. The Labute approximate surface area is 101 Å². The SMILES string of the molecule is COC(=O)c1ccc(-n2cc(Br)cn2)cc1. The molecule has 1 aromatic carbocycles. The summed E-state index contributed by atoms with van der Waals surface area (Å²) < 4.78 is 7.24. The number of carbonyl (C=O) groups excluding carboxylic acids is 1. The zero-order chi connectivity index (χ0) is 11.5. The van der Waals surface area contributed by atoms with Crippen LogP contribution in [0.4, 0.5) is 0 Å². The van der Waals surface area contributed by atoms with E-state index >= 15 is 0 Å². The molecule has 4 nitrogen and oxygen atoms in total. The van der Waals surface area contributed by atoms with E-state index in [0.29, 0.717) is 5.56 Å². The molecule has 1 aromatic heterocycles. The average Bonchev–Trinajstić information content (AvgIpc) is 2.75. The highest BCUT2D eigenvalue weighted by atomic mass is 79.9. The normalized spacial score (nSPS) is 10.1. The van der Waals surface area contributed by atoms with Crippen molar-refractivity contribution in [2.75, 3.05) is 7.11 Å². The second-order valence-electron chi connectivity index (χ2n) is 3.14. The Hall–Kier alpha value is -1.62. The highest BCUT2D eigenvalue weighted by Gasteiger charge is 2.05. The van der Waals surface area contributed by atoms with Gasteiger partial charge in [0, 0.05) is 6.20 Å². The summed E-state index contributed by atoms with van der Waals surface area (Å²) in [6.07, 6.45) is 3.54. The van der Waals surface area contributed by atoms with Gasteiger partial charge in [-0.1, -0.05) is 0 Å². The van der Waals surface area contributed by atoms with Gasteiger partial charge in [-0.3, -0.25) is 0 Å². The van der Waals surface area contributed by atoms with Gasteiger partial charge >= 0.3 is 5.97 Å². The number of ether oxygens (including phenoxy) is 1. The minimum absolute atomic E-state index is 0.340. The molecule has 0 radical (unpaired) electrons. The van der Waals surface area contributed by atoms with Gasteiger partial charge in [0.15, 0.2) is 0 Å². The summed E-state index contributed by atoms with van der Waals surface area (Å²) in [6.45, 7) is 0. The molecule has 16 heavy (non-hydrogen) atoms. The van der Waals surface area contributed by atoms with Gasteiger partial charge < -0.3 is 4.74 Å². The smallest absolute Gasteiger partial charge is 0.337 e. The molecular formula is C11H9BrN2O2. The van der Waals surface area contributed by atoms with Crippen LogP contribution >= 0.6 is 15.9 Å². The Morgan fingerprint density at radius 1 is 1.38 bits per heavy atom. The van der Waals surface area contributed by atoms with Gasteiger partial charge in [0.2, 0.25) is 0 Å². The summed E-state index contributed by atoms with van der Waals surface area (Å²) in [5, 5.41) is 4.13. The van der Waals surface area contributed by atoms with Gasteiger partial charge in [-0.15, -0.1) is 0 Å². The monoisotopic (exact) mass is 280 g/mol. The molecule has 0 aliphatic rings. The fourth-order valence-corrected chi connectivity index (χ4v) is 1.60. The predicted molar refractivity (Wildman–Crippen MR) is 62.6 cm³/mol. The van der Waals surface area contributed by atoms with Crippen LogP contribution in [0.3, 0.4) is 0 Å². The minimum Gasteiger partial charge on any atom is -0.465 e. The van der Waals surface area contributed by atoms with Crippen LogP contribution in [0.5, 0.6) is 0 Å². The number of halogens is 1. The topological polar surface area (TPSA) is 44.1 Å². The maximum absolute atomic E-state index is 11.2. The molecule has 2 rings (SSSR count). The van der Waals surface area contributed by atoms with Crippen molar-refractivity contribution in [1.82, 2.24) is 9.78 Å². The molecule has 0 aliphatic carbocycles. The van der Waals surface area contributed by atoms with E-state index in [2.05, 4.69) is 25.8 Å². The highest BCUT2D eigenvalue weighted by Crippen LogP contribution is 2.13. The van der Waals surface area contributed by atoms with Gasteiger partial charge in [-0.25, -0.2) is 9.48 Å². The van der Waals surface area contributed by atoms with E-state index in [1.807, 2.05) is 18.3 Å². The number of methoxy groups -OCH3 is 1. The number of benzene rings is 1. The molecule has 1 heterocycles. The largest absolute Gasteiger partial charge is 0.465 e. The van der Waals surface area contributed by atoms with Gasteiger partial charge in [0.05, 0.1) is 29.0 Å². The van der Waals surface area contributed by atoms with Gasteiger partial charge in [0.1, 0.15) is 0 Å². The van der Waals surface area contributed by atoms with Gasteiger partial charge in [-0.05, 0) is 40.2 Å². The molecule has 0 atom stereocenters. The maximum Gasteiger partial charge on any atom is 0.337 e. The first-order valence-corrected chi connectivity index (χ1v) is 5.39. The Morgan fingerprint density at radius 3 is 2.56 bits per heavy atom. The third-order valence-corrected chi connectivity index (χ3v) is 2.51. The van der Waals surface area contributed by atoms with E-state index in [0.717, 1.165) is 10.2 Å². The van der Waals surface area contributed by atoms with E-state index in [1.165, 1.54) is 7.11 Å². The third-order valence-electron chi connectivity index (χ3n) is 2.10. The molecule has 0 saturated carbocycles. The highest BCUT2D eigenvalue weighted by molar-refractivity contribution is 9.10. The van der Waals surface area contributed by atoms with Crippen molar-refractivity contribution in [3.8, 4) is 5.69 Å². The van der Waals surface area contributed by atoms with Crippen LogP contribution in [0.1, 0.15) is 10.4 Å². The summed E-state index contributed by atoms with van der Waals surface area (Å²) in [5.41, 5.74) is 1.41. The van der Waals surface area contributed by atoms with Crippen molar-refractivity contribution in [3.05, 3.63) is 46.7 Å². The molecule has 0 unspecified atom stereocenters. The van der Waals surface area contributed by atoms with Crippen molar-refractivity contribution in [2.24, 2.45) is 0 Å². The van der Waals surface area contributed by atoms with E-state index in [1.54, 1.807) is 23.0 Å². The molecule has 0 amide bonds. The van der Waals surface area contributed by atoms with Crippen LogP contribution in [0.25, 0.3) is 5.69 Å². The molecular weight excluding hydrogens is 272 g/mol. The maximum atomic E-state index is 11.2. The fourth-order valence-electron chi connectivity index (χ4n) is 1.31. The summed E-state index contributed by atoms with van der Waals surface area (Å²) in [4.78, 5) is 11.2. The lowest BCUT2D eigenvalue weighted by Crippen LogP contribution is -2.01. The lowest BCUT2D eigenvalue weighted by atomic mass is 10.2. The van der Waals surface area contributed by atoms with Crippen LogP contribution < -0.4 is 0 Å². The van der Waals surface area contributed by atoms with E-state index in [-0.39, 0.29) is 5.97 Å². The van der Waals surface area contributed by atoms with Crippen molar-refractivity contribution >= 4 is 21.9 Å². The standard InChI is InChI=1S/C11H9BrN2O2/c1-16-11(15)8-2-4-10(5-3-8)14-7-9(12)6-13-14/h2-7H,1H3. The van der Waals surface area contributed by atoms with Crippen LogP contribution in [0.2, 0.25) is 0 Å². The first kappa shape index (κ1) is 10.9. The Kier molecular flexibility index (Phi) is 3.05. The summed E-state index contributed by atoms with van der Waals surface area (Å²) in [7, 11) is 1.36. The third kappa shape index (κ3) is 2.14. The average molecular weight is 281 g/mol. The molecule has 0 fully saturated rings. The zero-order valence-electron chi connectivity index (χ0n) is 8.55. The van der Waals surface area contributed by atoms with Crippen molar-refractivity contribution in [1.29, 1.82) is 0 Å². The number of carbonyl (C=O) groups is 1. The Bertz CT molecular complexity index is 505. The first-order valence-electron chi connectivity index (χ1n) is 4.59. The molecule has 0 bridgehead atoms. The van der Waals surface area contributed by atoms with Gasteiger partial charge in [0.25, 0.3) is 0 Å². The van der Waals surface area contributed by atoms with Crippen LogP contribution in [-0.2, 0) is 4.74 Å². The summed E-state index contributed by atoms with van der Waals surface area (Å²) >= 11 is 3.32.